The molecule has 1 atom stereocenters. The van der Waals surface area contributed by atoms with E-state index >= 15 is 0 Å². The number of carbonyl (C=O) groups is 2. The molecule has 4 heterocycles. The number of rotatable bonds is 5. The number of esters is 1. The van der Waals surface area contributed by atoms with Crippen LogP contribution in [0.1, 0.15) is 23.0 Å². The summed E-state index contributed by atoms with van der Waals surface area (Å²) in [6, 6.07) is 1.95. The summed E-state index contributed by atoms with van der Waals surface area (Å²) in [6.45, 7) is 1.30. The van der Waals surface area contributed by atoms with E-state index in [4.69, 9.17) is 4.74 Å². The Hall–Kier alpha value is -4.02. The third-order valence-corrected chi connectivity index (χ3v) is 7.41. The Morgan fingerprint density at radius 2 is 1.92 bits per heavy atom. The molecule has 0 radical (unpaired) electrons. The number of aryl methyl sites for hydroxylation is 1. The van der Waals surface area contributed by atoms with Crippen LogP contribution in [0, 0.1) is 0 Å². The van der Waals surface area contributed by atoms with E-state index in [1.54, 1.807) is 0 Å². The van der Waals surface area contributed by atoms with Crippen molar-refractivity contribution >= 4 is 38.4 Å². The van der Waals surface area contributed by atoms with Gasteiger partial charge < -0.3 is 9.30 Å². The van der Waals surface area contributed by atoms with Gasteiger partial charge in [-0.25, -0.2) is 28.5 Å². The molecule has 0 aromatic carbocycles. The molecule has 0 bridgehead atoms. The number of ether oxygens (including phenoxy) is 1. The van der Waals surface area contributed by atoms with Crippen LogP contribution in [-0.2, 0) is 32.5 Å². The summed E-state index contributed by atoms with van der Waals surface area (Å²) in [7, 11) is -1.54. The van der Waals surface area contributed by atoms with E-state index in [0.717, 1.165) is 17.7 Å². The molecule has 0 saturated carbocycles. The van der Waals surface area contributed by atoms with E-state index in [1.165, 1.54) is 30.8 Å². The van der Waals surface area contributed by atoms with E-state index < -0.39 is 50.5 Å². The summed E-state index contributed by atoms with van der Waals surface area (Å²) in [4.78, 5) is 36.2. The van der Waals surface area contributed by atoms with Gasteiger partial charge in [-0.1, -0.05) is 6.92 Å². The standard InChI is InChI=1S/C20H16F5N7O4S/c1-4-37(35,30-17(33)13(21)22)18-12(15-26-6-5-11(19(34)36-3)32(15)29-18)16-28-10-7-9(20(23,24)25)8-27-14(10)31(16)2/h5-8,13H,4H2,1-3H3. The van der Waals surface area contributed by atoms with Crippen molar-refractivity contribution in [2.45, 2.75) is 24.6 Å². The molecular formula is C20H16F5N7O4S. The first kappa shape index (κ1) is 26.1. The lowest BCUT2D eigenvalue weighted by Gasteiger charge is -2.07. The third kappa shape index (κ3) is 4.38. The maximum Gasteiger partial charge on any atom is 0.417 e. The Bertz CT molecular complexity index is 1690. The molecule has 1 amide bonds. The molecule has 0 N–H and O–H groups in total. The van der Waals surface area contributed by atoms with Crippen molar-refractivity contribution in [2.75, 3.05) is 12.9 Å². The highest BCUT2D eigenvalue weighted by Crippen LogP contribution is 2.35. The Kier molecular flexibility index (Phi) is 6.43. The molecular weight excluding hydrogens is 529 g/mol. The number of aromatic nitrogens is 6. The monoisotopic (exact) mass is 545 g/mol. The van der Waals surface area contributed by atoms with Gasteiger partial charge in [0.1, 0.15) is 21.1 Å². The van der Waals surface area contributed by atoms with Gasteiger partial charge in [-0.05, 0) is 12.1 Å². The molecule has 11 nitrogen and oxygen atoms in total. The molecule has 4 aromatic heterocycles. The summed E-state index contributed by atoms with van der Waals surface area (Å²) in [5.41, 5.74) is -1.89. The van der Waals surface area contributed by atoms with E-state index in [9.17, 15) is 35.8 Å². The van der Waals surface area contributed by atoms with Crippen LogP contribution in [0.5, 0.6) is 0 Å². The van der Waals surface area contributed by atoms with Crippen LogP contribution in [0.4, 0.5) is 22.0 Å². The zero-order chi connectivity index (χ0) is 27.3. The number of alkyl halides is 5. The van der Waals surface area contributed by atoms with Crippen molar-refractivity contribution in [3.8, 4) is 11.4 Å². The first-order valence-corrected chi connectivity index (χ1v) is 11.9. The summed E-state index contributed by atoms with van der Waals surface area (Å²) in [5, 5.41) is 3.59. The van der Waals surface area contributed by atoms with Gasteiger partial charge in [0.2, 0.25) is 0 Å². The predicted octanol–water partition coefficient (Wildman–Crippen LogP) is 3.12. The molecule has 0 aliphatic rings. The number of hydrogen-bond acceptors (Lipinski definition) is 8. The van der Waals surface area contributed by atoms with Gasteiger partial charge >= 0.3 is 24.5 Å². The van der Waals surface area contributed by atoms with Crippen LogP contribution in [0.3, 0.4) is 0 Å². The van der Waals surface area contributed by atoms with Gasteiger partial charge in [0.25, 0.3) is 0 Å². The average Bonchev–Trinajstić information content (AvgIpc) is 3.40. The van der Waals surface area contributed by atoms with Crippen LogP contribution in [-0.4, -0.2) is 64.5 Å². The van der Waals surface area contributed by atoms with E-state index in [2.05, 4.69) is 24.4 Å². The third-order valence-electron chi connectivity index (χ3n) is 5.26. The Morgan fingerprint density at radius 3 is 2.51 bits per heavy atom. The van der Waals surface area contributed by atoms with Crippen molar-refractivity contribution in [3.05, 3.63) is 35.8 Å². The molecule has 0 aliphatic carbocycles. The zero-order valence-electron chi connectivity index (χ0n) is 19.2. The Labute approximate surface area is 204 Å². The summed E-state index contributed by atoms with van der Waals surface area (Å²) >= 11 is 0. The number of imidazole rings is 1. The van der Waals surface area contributed by atoms with Crippen LogP contribution < -0.4 is 0 Å². The Balaban J connectivity index is 2.14. The number of amides is 1. The van der Waals surface area contributed by atoms with E-state index in [-0.39, 0.29) is 33.9 Å². The molecule has 0 saturated heterocycles. The topological polar surface area (TPSA) is 134 Å². The lowest BCUT2D eigenvalue weighted by Crippen LogP contribution is -2.15. The summed E-state index contributed by atoms with van der Waals surface area (Å²) in [6.07, 6.45) is -6.49. The Morgan fingerprint density at radius 1 is 1.22 bits per heavy atom. The SMILES string of the molecule is CCS(=O)(=NC(=O)C(F)F)c1nn2c(C(=O)OC)ccnc2c1-c1nc2cc(C(F)(F)F)cnc2n1C. The first-order chi connectivity index (χ1) is 17.3. The normalized spacial score (nSPS) is 13.8. The maximum absolute atomic E-state index is 13.8. The lowest BCUT2D eigenvalue weighted by atomic mass is 10.2. The van der Waals surface area contributed by atoms with Gasteiger partial charge in [-0.2, -0.15) is 31.4 Å². The predicted molar refractivity (Wildman–Crippen MR) is 117 cm³/mol. The molecule has 0 fully saturated rings. The maximum atomic E-state index is 13.8. The molecule has 0 spiro atoms. The van der Waals surface area contributed by atoms with Gasteiger partial charge in [0, 0.05) is 25.2 Å². The van der Waals surface area contributed by atoms with Crippen molar-refractivity contribution in [1.29, 1.82) is 0 Å². The summed E-state index contributed by atoms with van der Waals surface area (Å²) in [5.74, 6) is -3.48. The lowest BCUT2D eigenvalue weighted by molar-refractivity contribution is -0.137. The highest BCUT2D eigenvalue weighted by molar-refractivity contribution is 7.94. The minimum absolute atomic E-state index is 0.0129. The minimum Gasteiger partial charge on any atom is -0.464 e. The highest BCUT2D eigenvalue weighted by Gasteiger charge is 2.34. The van der Waals surface area contributed by atoms with Gasteiger partial charge in [-0.15, -0.1) is 0 Å². The summed E-state index contributed by atoms with van der Waals surface area (Å²) < 4.78 is 89.5. The molecule has 4 rings (SSSR count). The van der Waals surface area contributed by atoms with Crippen LogP contribution in [0.25, 0.3) is 28.2 Å². The molecule has 1 unspecified atom stereocenters. The van der Waals surface area contributed by atoms with Gasteiger partial charge in [-0.3, -0.25) is 4.79 Å². The molecule has 4 aromatic rings. The smallest absolute Gasteiger partial charge is 0.417 e. The van der Waals surface area contributed by atoms with E-state index in [1.807, 2.05) is 0 Å². The molecule has 0 aliphatic heterocycles. The fourth-order valence-electron chi connectivity index (χ4n) is 3.49. The van der Waals surface area contributed by atoms with Crippen LogP contribution >= 0.6 is 0 Å². The van der Waals surface area contributed by atoms with Crippen molar-refractivity contribution in [1.82, 2.24) is 29.1 Å². The van der Waals surface area contributed by atoms with Crippen molar-refractivity contribution in [3.63, 3.8) is 0 Å². The highest BCUT2D eigenvalue weighted by atomic mass is 32.2. The van der Waals surface area contributed by atoms with E-state index in [0.29, 0.717) is 6.20 Å². The second-order valence-corrected chi connectivity index (χ2v) is 9.88. The minimum atomic E-state index is -4.71. The second-order valence-electron chi connectivity index (χ2n) is 7.46. The quantitative estimate of drug-likeness (QED) is 0.276. The number of nitrogens with zero attached hydrogens (tertiary/aromatic N) is 7. The largest absolute Gasteiger partial charge is 0.464 e. The number of fused-ring (bicyclic) bond motifs is 2. The van der Waals surface area contributed by atoms with Gasteiger partial charge in [0.15, 0.2) is 22.0 Å². The number of methoxy groups -OCH3 is 1. The fourth-order valence-corrected chi connectivity index (χ4v) is 5.06. The fraction of sp³-hybridized carbons (Fsp3) is 0.300. The van der Waals surface area contributed by atoms with Crippen LogP contribution in [0.15, 0.2) is 33.9 Å². The number of halogens is 5. The van der Waals surface area contributed by atoms with Crippen molar-refractivity contribution in [2.24, 2.45) is 11.4 Å². The van der Waals surface area contributed by atoms with Crippen molar-refractivity contribution < 1.29 is 40.5 Å². The number of carbonyl (C=O) groups excluding carboxylic acids is 2. The van der Waals surface area contributed by atoms with Crippen LogP contribution in [0.2, 0.25) is 0 Å². The number of hydrogen-bond donors (Lipinski definition) is 0. The second kappa shape index (κ2) is 9.13. The van der Waals surface area contributed by atoms with Gasteiger partial charge in [0.05, 0.1) is 18.2 Å². The zero-order valence-corrected chi connectivity index (χ0v) is 20.0. The molecule has 196 valence electrons. The average molecular weight is 545 g/mol. The number of pyridine rings is 1. The first-order valence-electron chi connectivity index (χ1n) is 10.2. The molecule has 37 heavy (non-hydrogen) atoms. The molecule has 17 heteroatoms.